The van der Waals surface area contributed by atoms with Gasteiger partial charge in [0.1, 0.15) is 11.6 Å². The lowest BCUT2D eigenvalue weighted by molar-refractivity contribution is -0.118. The summed E-state index contributed by atoms with van der Waals surface area (Å²) in [5.41, 5.74) is 2.85. The molecule has 1 saturated carbocycles. The molecule has 2 fully saturated rings. The first-order chi connectivity index (χ1) is 19.3. The minimum absolute atomic E-state index is 0.0457. The van der Waals surface area contributed by atoms with Gasteiger partial charge < -0.3 is 19.1 Å². The van der Waals surface area contributed by atoms with E-state index >= 15 is 0 Å². The summed E-state index contributed by atoms with van der Waals surface area (Å²) in [6.45, 7) is 6.68. The SMILES string of the molecule is Cc1ccc(CN2C(=O)CC(C(=N)OC(=N)C3CC3)=C(Br)c3ccc(OCCCN4CCOCC4)cc32)cc1F. The molecule has 2 aliphatic heterocycles. The molecule has 2 heterocycles. The van der Waals surface area contributed by atoms with Crippen LogP contribution < -0.4 is 9.64 Å². The molecule has 0 radical (unpaired) electrons. The van der Waals surface area contributed by atoms with Crippen LogP contribution in [-0.4, -0.2) is 62.1 Å². The predicted molar refractivity (Wildman–Crippen MR) is 156 cm³/mol. The maximum atomic E-state index is 14.4. The van der Waals surface area contributed by atoms with Gasteiger partial charge in [0, 0.05) is 47.2 Å². The summed E-state index contributed by atoms with van der Waals surface area (Å²) in [5.74, 6) is -0.0746. The van der Waals surface area contributed by atoms with Crippen LogP contribution >= 0.6 is 15.9 Å². The van der Waals surface area contributed by atoms with E-state index in [0.717, 1.165) is 52.1 Å². The zero-order valence-electron chi connectivity index (χ0n) is 22.6. The second-order valence-electron chi connectivity index (χ2n) is 10.4. The van der Waals surface area contributed by atoms with Crippen LogP contribution in [0.2, 0.25) is 0 Å². The molecule has 0 unspecified atom stereocenters. The largest absolute Gasteiger partial charge is 0.493 e. The minimum atomic E-state index is -0.328. The number of carbonyl (C=O) groups is 1. The molecule has 10 heteroatoms. The first-order valence-electron chi connectivity index (χ1n) is 13.7. The maximum Gasteiger partial charge on any atom is 0.231 e. The highest BCUT2D eigenvalue weighted by Crippen LogP contribution is 2.41. The molecule has 3 aliphatic rings. The van der Waals surface area contributed by atoms with E-state index in [-0.39, 0.29) is 42.4 Å². The summed E-state index contributed by atoms with van der Waals surface area (Å²) < 4.78 is 32.0. The van der Waals surface area contributed by atoms with Crippen molar-refractivity contribution < 1.29 is 23.4 Å². The number of benzene rings is 2. The molecule has 1 aliphatic carbocycles. The van der Waals surface area contributed by atoms with E-state index in [1.165, 1.54) is 6.07 Å². The Kier molecular flexibility index (Phi) is 8.97. The fourth-order valence-corrected chi connectivity index (χ4v) is 5.46. The molecule has 40 heavy (non-hydrogen) atoms. The third-order valence-electron chi connectivity index (χ3n) is 7.39. The van der Waals surface area contributed by atoms with Gasteiger partial charge in [0.05, 0.1) is 38.5 Å². The van der Waals surface area contributed by atoms with Crippen LogP contribution in [0.3, 0.4) is 0 Å². The van der Waals surface area contributed by atoms with Gasteiger partial charge in [0.15, 0.2) is 5.90 Å². The number of anilines is 1. The number of aryl methyl sites for hydroxylation is 1. The average molecular weight is 614 g/mol. The molecular weight excluding hydrogens is 579 g/mol. The van der Waals surface area contributed by atoms with E-state index in [2.05, 4.69) is 20.8 Å². The zero-order chi connectivity index (χ0) is 28.2. The van der Waals surface area contributed by atoms with E-state index in [1.54, 1.807) is 17.9 Å². The molecule has 2 aromatic rings. The van der Waals surface area contributed by atoms with E-state index in [1.807, 2.05) is 24.3 Å². The summed E-state index contributed by atoms with van der Waals surface area (Å²) in [6, 6.07) is 10.5. The number of nitrogens with one attached hydrogen (secondary N) is 2. The summed E-state index contributed by atoms with van der Waals surface area (Å²) in [6.07, 6.45) is 2.52. The molecule has 2 N–H and O–H groups in total. The number of nitrogens with zero attached hydrogens (tertiary/aromatic N) is 2. The van der Waals surface area contributed by atoms with Gasteiger partial charge in [-0.2, -0.15) is 0 Å². The maximum absolute atomic E-state index is 14.4. The topological polar surface area (TPSA) is 98.9 Å². The predicted octanol–water partition coefficient (Wildman–Crippen LogP) is 5.66. The van der Waals surface area contributed by atoms with Crippen molar-refractivity contribution in [2.24, 2.45) is 5.92 Å². The van der Waals surface area contributed by atoms with E-state index in [4.69, 9.17) is 25.0 Å². The standard InChI is InChI=1S/C30H34BrFN4O4/c1-19-3-4-20(15-25(19)32)18-36-26-16-22(39-12-2-9-35-10-13-38-14-11-35)7-8-23(26)28(31)24(17-27(36)37)30(34)40-29(33)21-5-6-21/h3-4,7-8,15-16,21,33-34H,2,5-6,9-14,17-18H2,1H3. The van der Waals surface area contributed by atoms with Gasteiger partial charge in [-0.15, -0.1) is 0 Å². The number of carbonyl (C=O) groups excluding carboxylic acids is 1. The van der Waals surface area contributed by atoms with Crippen LogP contribution in [0.1, 0.15) is 42.4 Å². The lowest BCUT2D eigenvalue weighted by Crippen LogP contribution is -2.37. The fraction of sp³-hybridized carbons (Fsp3) is 0.433. The Morgan fingerprint density at radius 2 is 1.93 bits per heavy atom. The van der Waals surface area contributed by atoms with Gasteiger partial charge in [-0.05, 0) is 71.4 Å². The lowest BCUT2D eigenvalue weighted by Gasteiger charge is -2.26. The fourth-order valence-electron chi connectivity index (χ4n) is 4.81. The Bertz CT molecular complexity index is 1340. The number of hydrogen-bond donors (Lipinski definition) is 2. The average Bonchev–Trinajstić information content (AvgIpc) is 3.81. The Morgan fingerprint density at radius 3 is 2.65 bits per heavy atom. The van der Waals surface area contributed by atoms with Crippen molar-refractivity contribution in [3.05, 3.63) is 64.5 Å². The summed E-state index contributed by atoms with van der Waals surface area (Å²) in [7, 11) is 0. The molecular formula is C30H34BrFN4O4. The molecule has 0 spiro atoms. The van der Waals surface area contributed by atoms with Gasteiger partial charge >= 0.3 is 0 Å². The molecule has 1 saturated heterocycles. The van der Waals surface area contributed by atoms with Crippen LogP contribution in [-0.2, 0) is 20.8 Å². The second-order valence-corrected chi connectivity index (χ2v) is 11.2. The van der Waals surface area contributed by atoms with E-state index in [0.29, 0.717) is 44.8 Å². The van der Waals surface area contributed by atoms with Gasteiger partial charge in [0.25, 0.3) is 0 Å². The highest BCUT2D eigenvalue weighted by atomic mass is 79.9. The normalized spacial score (nSPS) is 17.9. The van der Waals surface area contributed by atoms with Crippen molar-refractivity contribution in [2.75, 3.05) is 44.4 Å². The molecule has 0 aromatic heterocycles. The van der Waals surface area contributed by atoms with Gasteiger partial charge in [-0.1, -0.05) is 12.1 Å². The van der Waals surface area contributed by atoms with Crippen molar-refractivity contribution in [2.45, 2.75) is 39.2 Å². The third-order valence-corrected chi connectivity index (χ3v) is 8.30. The number of morpholine rings is 1. The molecule has 212 valence electrons. The molecule has 0 bridgehead atoms. The number of amides is 1. The van der Waals surface area contributed by atoms with Gasteiger partial charge in [-0.25, -0.2) is 4.39 Å². The number of halogens is 2. The highest BCUT2D eigenvalue weighted by Gasteiger charge is 2.33. The first-order valence-corrected chi connectivity index (χ1v) is 14.5. The van der Waals surface area contributed by atoms with E-state index in [9.17, 15) is 9.18 Å². The number of hydrogen-bond acceptors (Lipinski definition) is 7. The summed E-state index contributed by atoms with van der Waals surface area (Å²) >= 11 is 3.63. The Balaban J connectivity index is 1.40. The summed E-state index contributed by atoms with van der Waals surface area (Å²) in [4.78, 5) is 17.6. The zero-order valence-corrected chi connectivity index (χ0v) is 24.2. The summed E-state index contributed by atoms with van der Waals surface area (Å²) in [5, 5.41) is 16.7. The molecule has 5 rings (SSSR count). The monoisotopic (exact) mass is 612 g/mol. The Hall–Kier alpha value is -3.08. The van der Waals surface area contributed by atoms with Gasteiger partial charge in [0.2, 0.25) is 11.8 Å². The lowest BCUT2D eigenvalue weighted by atomic mass is 10.1. The number of rotatable bonds is 9. The van der Waals surface area contributed by atoms with Crippen molar-refractivity contribution in [3.8, 4) is 5.75 Å². The number of fused-ring (bicyclic) bond motifs is 1. The molecule has 2 aromatic carbocycles. The number of ether oxygens (including phenoxy) is 3. The van der Waals surface area contributed by atoms with Crippen LogP contribution in [0.15, 0.2) is 42.0 Å². The van der Waals surface area contributed by atoms with E-state index < -0.39 is 0 Å². The Labute approximate surface area is 242 Å². The molecule has 1 amide bonds. The van der Waals surface area contributed by atoms with Crippen LogP contribution in [0.4, 0.5) is 10.1 Å². The van der Waals surface area contributed by atoms with Crippen LogP contribution in [0.5, 0.6) is 5.75 Å². The van der Waals surface area contributed by atoms with Crippen molar-refractivity contribution in [3.63, 3.8) is 0 Å². The minimum Gasteiger partial charge on any atom is -0.493 e. The van der Waals surface area contributed by atoms with Crippen LogP contribution in [0.25, 0.3) is 4.48 Å². The molecule has 8 nitrogen and oxygen atoms in total. The van der Waals surface area contributed by atoms with Crippen molar-refractivity contribution in [1.82, 2.24) is 4.90 Å². The quantitative estimate of drug-likeness (QED) is 0.216. The third kappa shape index (κ3) is 6.79. The van der Waals surface area contributed by atoms with Crippen molar-refractivity contribution in [1.29, 1.82) is 10.8 Å². The second kappa shape index (κ2) is 12.6. The highest BCUT2D eigenvalue weighted by molar-refractivity contribution is 9.15. The van der Waals surface area contributed by atoms with Gasteiger partial charge in [-0.3, -0.25) is 20.5 Å². The smallest absolute Gasteiger partial charge is 0.231 e. The van der Waals surface area contributed by atoms with Crippen LogP contribution in [0, 0.1) is 29.5 Å². The molecule has 0 atom stereocenters. The Morgan fingerprint density at radius 1 is 1.15 bits per heavy atom. The first kappa shape index (κ1) is 28.4. The van der Waals surface area contributed by atoms with Crippen molar-refractivity contribution >= 4 is 43.8 Å².